The van der Waals surface area contributed by atoms with Gasteiger partial charge in [-0.1, -0.05) is 57.0 Å². The summed E-state index contributed by atoms with van der Waals surface area (Å²) in [5.74, 6) is 0.0745. The fourth-order valence-electron chi connectivity index (χ4n) is 2.36. The molecule has 0 aromatic heterocycles. The van der Waals surface area contributed by atoms with Crippen LogP contribution < -0.4 is 9.44 Å². The van der Waals surface area contributed by atoms with Crippen molar-refractivity contribution in [1.82, 2.24) is 9.44 Å². The Bertz CT molecular complexity index is 1030. The Labute approximate surface area is 196 Å². The van der Waals surface area contributed by atoms with E-state index in [0.717, 1.165) is 32.7 Å². The van der Waals surface area contributed by atoms with E-state index in [9.17, 15) is 26.4 Å². The molecule has 32 heavy (non-hydrogen) atoms. The molecule has 0 saturated heterocycles. The van der Waals surface area contributed by atoms with Crippen LogP contribution in [0.5, 0.6) is 0 Å². The lowest BCUT2D eigenvalue weighted by molar-refractivity contribution is 0.534. The number of rotatable bonds is 13. The molecule has 0 aliphatic carbocycles. The lowest BCUT2D eigenvalue weighted by Gasteiger charge is -2.14. The highest BCUT2D eigenvalue weighted by atomic mass is 33.1. The largest absolute Gasteiger partial charge is 0.289 e. The summed E-state index contributed by atoms with van der Waals surface area (Å²) >= 11 is 0. The van der Waals surface area contributed by atoms with E-state index in [2.05, 4.69) is 9.44 Å². The van der Waals surface area contributed by atoms with Gasteiger partial charge < -0.3 is 0 Å². The molecule has 2 atom stereocenters. The predicted octanol–water partition coefficient (Wildman–Crippen LogP) is 1.90. The minimum atomic E-state index is -3.89. The summed E-state index contributed by atoms with van der Waals surface area (Å²) in [5, 5.41) is 0. The molecule has 8 nitrogen and oxygen atoms in total. The third-order valence-electron chi connectivity index (χ3n) is 4.09. The molecule has 0 aliphatic rings. The van der Waals surface area contributed by atoms with Crippen LogP contribution in [0.2, 0.25) is 0 Å². The van der Waals surface area contributed by atoms with Crippen molar-refractivity contribution in [3.63, 3.8) is 0 Å². The fourth-order valence-corrected chi connectivity index (χ4v) is 7.01. The molecule has 0 saturated carbocycles. The Morgan fingerprint density at radius 2 is 1.00 bits per heavy atom. The number of carbonyl (C=O) groups excluding carboxylic acids is 2. The van der Waals surface area contributed by atoms with Crippen LogP contribution >= 0.6 is 21.6 Å². The first-order valence-electron chi connectivity index (χ1n) is 9.25. The van der Waals surface area contributed by atoms with Gasteiger partial charge in [0.15, 0.2) is 0 Å². The highest BCUT2D eigenvalue weighted by Gasteiger charge is 2.22. The van der Waals surface area contributed by atoms with Crippen LogP contribution in [0.1, 0.15) is 11.1 Å². The van der Waals surface area contributed by atoms with Crippen molar-refractivity contribution in [3.05, 3.63) is 59.7 Å². The smallest absolute Gasteiger partial charge is 0.241 e. The fraction of sp³-hybridized carbons (Fsp3) is 0.300. The van der Waals surface area contributed by atoms with Crippen molar-refractivity contribution in [3.8, 4) is 0 Å². The average molecular weight is 515 g/mol. The van der Waals surface area contributed by atoms with Gasteiger partial charge in [0, 0.05) is 11.5 Å². The maximum atomic E-state index is 12.4. The quantitative estimate of drug-likeness (QED) is 0.307. The second kappa shape index (κ2) is 12.0. The number of aryl methyl sites for hydroxylation is 2. The lowest BCUT2D eigenvalue weighted by Crippen LogP contribution is -2.38. The Morgan fingerprint density at radius 1 is 0.688 bits per heavy atom. The zero-order valence-corrected chi connectivity index (χ0v) is 20.5. The van der Waals surface area contributed by atoms with Gasteiger partial charge in [-0.15, -0.1) is 0 Å². The molecule has 0 heterocycles. The molecule has 2 aromatic carbocycles. The van der Waals surface area contributed by atoms with Gasteiger partial charge in [0.2, 0.25) is 32.6 Å². The van der Waals surface area contributed by atoms with Crippen LogP contribution in [0.4, 0.5) is 0 Å². The minimum absolute atomic E-state index is 0.0298. The first-order chi connectivity index (χ1) is 15.1. The zero-order valence-electron chi connectivity index (χ0n) is 17.3. The highest BCUT2D eigenvalue weighted by Crippen LogP contribution is 2.23. The molecule has 0 amide bonds. The summed E-state index contributed by atoms with van der Waals surface area (Å²) < 4.78 is 54.1. The van der Waals surface area contributed by atoms with Gasteiger partial charge in [-0.25, -0.2) is 16.8 Å². The molecule has 2 rings (SSSR count). The highest BCUT2D eigenvalue weighted by molar-refractivity contribution is 8.76. The van der Waals surface area contributed by atoms with Crippen molar-refractivity contribution in [2.45, 2.75) is 35.7 Å². The van der Waals surface area contributed by atoms with E-state index < -0.39 is 32.1 Å². The van der Waals surface area contributed by atoms with Gasteiger partial charge in [-0.2, -0.15) is 9.44 Å². The number of nitrogens with one attached hydrogen (secondary N) is 2. The summed E-state index contributed by atoms with van der Waals surface area (Å²) in [4.78, 5) is 22.4. The Balaban J connectivity index is 1.86. The molecule has 12 heteroatoms. The van der Waals surface area contributed by atoms with Crippen LogP contribution in [-0.2, 0) is 29.6 Å². The normalized spacial score (nSPS) is 13.9. The Kier molecular flexibility index (Phi) is 9.92. The summed E-state index contributed by atoms with van der Waals surface area (Å²) in [6.07, 6.45) is 3.28. The molecule has 2 radical (unpaired) electrons. The number of sulfonamides is 2. The molecule has 2 unspecified atom stereocenters. The lowest BCUT2D eigenvalue weighted by atomic mass is 10.2. The molecular formula is C20H22N2O6S4. The molecule has 2 N–H and O–H groups in total. The molecule has 0 fully saturated rings. The summed E-state index contributed by atoms with van der Waals surface area (Å²) in [5.41, 5.74) is 1.79. The van der Waals surface area contributed by atoms with Crippen molar-refractivity contribution >= 4 is 54.2 Å². The van der Waals surface area contributed by atoms with Crippen molar-refractivity contribution in [2.75, 3.05) is 11.5 Å². The summed E-state index contributed by atoms with van der Waals surface area (Å²) in [6, 6.07) is 10.1. The van der Waals surface area contributed by atoms with E-state index in [1.165, 1.54) is 24.3 Å². The molecule has 2 aromatic rings. The third-order valence-corrected chi connectivity index (χ3v) is 9.49. The van der Waals surface area contributed by atoms with Crippen LogP contribution in [0, 0.1) is 13.8 Å². The van der Waals surface area contributed by atoms with E-state index in [4.69, 9.17) is 0 Å². The van der Waals surface area contributed by atoms with E-state index >= 15 is 0 Å². The number of hydrogen-bond donors (Lipinski definition) is 2. The van der Waals surface area contributed by atoms with Gasteiger partial charge in [0.25, 0.3) is 0 Å². The maximum Gasteiger partial charge on any atom is 0.241 e. The SMILES string of the molecule is Cc1ccc(S(=O)(=O)NC([C]=O)CSSCC([C]=O)NS(=O)(=O)c2ccc(C)cc2)cc1. The molecule has 0 spiro atoms. The van der Waals surface area contributed by atoms with Crippen LogP contribution in [0.3, 0.4) is 0 Å². The minimum Gasteiger partial charge on any atom is -0.289 e. The maximum absolute atomic E-state index is 12.4. The standard InChI is InChI=1S/C20H22N2O6S4/c1-15-3-7-19(8-4-15)31(25,26)21-17(11-23)13-29-30-14-18(12-24)22-32(27,28)20-9-5-16(2)6-10-20/h3-10,17-18,21-22H,13-14H2,1-2H3. The van der Waals surface area contributed by atoms with E-state index in [1.807, 2.05) is 13.8 Å². The van der Waals surface area contributed by atoms with E-state index in [0.29, 0.717) is 0 Å². The predicted molar refractivity (Wildman–Crippen MR) is 127 cm³/mol. The molecule has 0 bridgehead atoms. The zero-order chi connectivity index (χ0) is 23.8. The summed E-state index contributed by atoms with van der Waals surface area (Å²) in [7, 11) is -5.58. The topological polar surface area (TPSA) is 126 Å². The van der Waals surface area contributed by atoms with Gasteiger partial charge in [-0.05, 0) is 38.1 Å². The van der Waals surface area contributed by atoms with Crippen LogP contribution in [0.15, 0.2) is 58.3 Å². The van der Waals surface area contributed by atoms with Gasteiger partial charge >= 0.3 is 0 Å². The first kappa shape index (κ1) is 26.6. The summed E-state index contributed by atoms with van der Waals surface area (Å²) in [6.45, 7) is 3.65. The number of hydrogen-bond acceptors (Lipinski definition) is 8. The molecular weight excluding hydrogens is 492 g/mol. The first-order valence-corrected chi connectivity index (χ1v) is 14.7. The third kappa shape index (κ3) is 8.01. The van der Waals surface area contributed by atoms with Crippen LogP contribution in [-0.4, -0.2) is 53.0 Å². The second-order valence-corrected chi connectivity index (χ2v) is 12.8. The molecule has 0 aliphatic heterocycles. The van der Waals surface area contributed by atoms with Crippen molar-refractivity contribution < 1.29 is 26.4 Å². The van der Waals surface area contributed by atoms with Gasteiger partial charge in [0.1, 0.15) is 0 Å². The second-order valence-electron chi connectivity index (χ2n) is 6.78. The van der Waals surface area contributed by atoms with Crippen molar-refractivity contribution in [2.24, 2.45) is 0 Å². The average Bonchev–Trinajstić information content (AvgIpc) is 2.75. The van der Waals surface area contributed by atoms with Gasteiger partial charge in [-0.3, -0.25) is 9.59 Å². The van der Waals surface area contributed by atoms with Crippen molar-refractivity contribution in [1.29, 1.82) is 0 Å². The van der Waals surface area contributed by atoms with Crippen LogP contribution in [0.25, 0.3) is 0 Å². The molecule has 172 valence electrons. The van der Waals surface area contributed by atoms with Gasteiger partial charge in [0.05, 0.1) is 21.9 Å². The Hall–Kier alpha value is -1.70. The van der Waals surface area contributed by atoms with E-state index in [-0.39, 0.29) is 21.3 Å². The monoisotopic (exact) mass is 514 g/mol. The number of benzene rings is 2. The Morgan fingerprint density at radius 3 is 1.28 bits per heavy atom. The van der Waals surface area contributed by atoms with E-state index in [1.54, 1.807) is 36.8 Å².